The van der Waals surface area contributed by atoms with Crippen LogP contribution in [-0.4, -0.2) is 16.3 Å². The molecule has 0 aliphatic rings. The van der Waals surface area contributed by atoms with E-state index in [0.29, 0.717) is 5.69 Å². The molecule has 0 bridgehead atoms. The fourth-order valence-electron chi connectivity index (χ4n) is 1.14. The third kappa shape index (κ3) is 2.03. The Labute approximate surface area is 85.5 Å². The maximum atomic E-state index is 10.4. The molecule has 0 aliphatic carbocycles. The van der Waals surface area contributed by atoms with Crippen molar-refractivity contribution in [3.05, 3.63) is 46.2 Å². The lowest BCUT2D eigenvalue weighted by Gasteiger charge is -1.94. The molecule has 4 heteroatoms. The normalized spacial score (nSPS) is 10.0. The first-order valence-corrected chi connectivity index (χ1v) is 5.05. The third-order valence-electron chi connectivity index (χ3n) is 1.79. The van der Waals surface area contributed by atoms with Gasteiger partial charge in [0.25, 0.3) is 0 Å². The van der Waals surface area contributed by atoms with E-state index in [1.165, 1.54) is 11.3 Å². The van der Waals surface area contributed by atoms with Gasteiger partial charge in [0.1, 0.15) is 5.69 Å². The second kappa shape index (κ2) is 4.11. The summed E-state index contributed by atoms with van der Waals surface area (Å²) in [6.45, 7) is 0. The number of carbonyl (C=O) groups excluding carboxylic acids is 1. The third-order valence-corrected chi connectivity index (χ3v) is 2.66. The standard InChI is InChI=1S/C10H8N2OS/c13-6-9-7-14-10(12-9)5-8-1-3-11-4-2-8/h1-4,6-7H,5H2. The van der Waals surface area contributed by atoms with Crippen molar-refractivity contribution in [2.75, 3.05) is 0 Å². The van der Waals surface area contributed by atoms with E-state index in [2.05, 4.69) is 9.97 Å². The number of hydrogen-bond acceptors (Lipinski definition) is 4. The van der Waals surface area contributed by atoms with Crippen molar-refractivity contribution >= 4 is 17.6 Å². The van der Waals surface area contributed by atoms with Crippen LogP contribution in [0.5, 0.6) is 0 Å². The van der Waals surface area contributed by atoms with E-state index in [9.17, 15) is 4.79 Å². The first kappa shape index (κ1) is 9.02. The average Bonchev–Trinajstić information content (AvgIpc) is 2.67. The lowest BCUT2D eigenvalue weighted by molar-refractivity contribution is 0.111. The van der Waals surface area contributed by atoms with Crippen LogP contribution >= 0.6 is 11.3 Å². The molecule has 2 rings (SSSR count). The topological polar surface area (TPSA) is 42.9 Å². The molecular formula is C10H8N2OS. The van der Waals surface area contributed by atoms with Crippen LogP contribution in [0.4, 0.5) is 0 Å². The van der Waals surface area contributed by atoms with Gasteiger partial charge >= 0.3 is 0 Å². The average molecular weight is 204 g/mol. The summed E-state index contributed by atoms with van der Waals surface area (Å²) in [5.41, 5.74) is 1.67. The van der Waals surface area contributed by atoms with Crippen molar-refractivity contribution < 1.29 is 4.79 Å². The summed E-state index contributed by atoms with van der Waals surface area (Å²) in [5, 5.41) is 2.72. The first-order valence-electron chi connectivity index (χ1n) is 4.17. The molecule has 0 amide bonds. The summed E-state index contributed by atoms with van der Waals surface area (Å²) >= 11 is 1.51. The largest absolute Gasteiger partial charge is 0.296 e. The second-order valence-corrected chi connectivity index (χ2v) is 3.76. The molecule has 0 saturated carbocycles. The monoisotopic (exact) mass is 204 g/mol. The quantitative estimate of drug-likeness (QED) is 0.717. The zero-order valence-corrected chi connectivity index (χ0v) is 8.20. The molecule has 0 unspecified atom stereocenters. The molecular weight excluding hydrogens is 196 g/mol. The lowest BCUT2D eigenvalue weighted by atomic mass is 10.2. The van der Waals surface area contributed by atoms with E-state index in [1.807, 2.05) is 12.1 Å². The molecule has 0 radical (unpaired) electrons. The Hall–Kier alpha value is -1.55. The maximum absolute atomic E-state index is 10.4. The molecule has 3 nitrogen and oxygen atoms in total. The molecule has 2 heterocycles. The molecule has 0 aromatic carbocycles. The summed E-state index contributed by atoms with van der Waals surface area (Å²) in [7, 11) is 0. The van der Waals surface area contributed by atoms with E-state index >= 15 is 0 Å². The Bertz CT molecular complexity index is 425. The number of carbonyl (C=O) groups is 1. The zero-order valence-electron chi connectivity index (χ0n) is 7.38. The first-order chi connectivity index (χ1) is 6.88. The summed E-state index contributed by atoms with van der Waals surface area (Å²) in [5.74, 6) is 0. The molecule has 70 valence electrons. The van der Waals surface area contributed by atoms with Crippen molar-refractivity contribution in [1.29, 1.82) is 0 Å². The number of hydrogen-bond donors (Lipinski definition) is 0. The van der Waals surface area contributed by atoms with Crippen LogP contribution in [0.15, 0.2) is 29.9 Å². The fraction of sp³-hybridized carbons (Fsp3) is 0.100. The highest BCUT2D eigenvalue weighted by Crippen LogP contribution is 2.13. The summed E-state index contributed by atoms with van der Waals surface area (Å²) < 4.78 is 0. The minimum absolute atomic E-state index is 0.513. The Morgan fingerprint density at radius 2 is 2.14 bits per heavy atom. The van der Waals surface area contributed by atoms with Crippen LogP contribution in [0.3, 0.4) is 0 Å². The summed E-state index contributed by atoms with van der Waals surface area (Å²) in [4.78, 5) is 18.5. The molecule has 0 atom stereocenters. The molecule has 2 aromatic rings. The van der Waals surface area contributed by atoms with E-state index in [-0.39, 0.29) is 0 Å². The number of aromatic nitrogens is 2. The number of thiazole rings is 1. The number of rotatable bonds is 3. The van der Waals surface area contributed by atoms with Gasteiger partial charge in [-0.05, 0) is 17.7 Å². The molecule has 0 spiro atoms. The van der Waals surface area contributed by atoms with E-state index in [1.54, 1.807) is 17.8 Å². The van der Waals surface area contributed by atoms with Crippen molar-refractivity contribution in [2.24, 2.45) is 0 Å². The SMILES string of the molecule is O=Cc1csc(Cc2ccncc2)n1. The Morgan fingerprint density at radius 1 is 1.36 bits per heavy atom. The zero-order chi connectivity index (χ0) is 9.80. The molecule has 0 saturated heterocycles. The fourth-order valence-corrected chi connectivity index (χ4v) is 1.91. The Kier molecular flexibility index (Phi) is 2.65. The predicted octanol–water partition coefficient (Wildman–Crippen LogP) is 1.94. The summed E-state index contributed by atoms with van der Waals surface area (Å²) in [6, 6.07) is 3.89. The van der Waals surface area contributed by atoms with Gasteiger partial charge < -0.3 is 0 Å². The predicted molar refractivity (Wildman–Crippen MR) is 54.5 cm³/mol. The van der Waals surface area contributed by atoms with E-state index in [0.717, 1.165) is 23.3 Å². The van der Waals surface area contributed by atoms with Gasteiger partial charge in [0.15, 0.2) is 6.29 Å². The van der Waals surface area contributed by atoms with Gasteiger partial charge in [-0.15, -0.1) is 11.3 Å². The van der Waals surface area contributed by atoms with Crippen molar-refractivity contribution in [3.63, 3.8) is 0 Å². The molecule has 14 heavy (non-hydrogen) atoms. The van der Waals surface area contributed by atoms with Crippen LogP contribution in [0.25, 0.3) is 0 Å². The highest BCUT2D eigenvalue weighted by Gasteiger charge is 2.01. The van der Waals surface area contributed by atoms with Crippen molar-refractivity contribution in [1.82, 2.24) is 9.97 Å². The van der Waals surface area contributed by atoms with Gasteiger partial charge in [-0.3, -0.25) is 9.78 Å². The maximum Gasteiger partial charge on any atom is 0.169 e. The lowest BCUT2D eigenvalue weighted by Crippen LogP contribution is -1.88. The Morgan fingerprint density at radius 3 is 2.79 bits per heavy atom. The van der Waals surface area contributed by atoms with E-state index < -0.39 is 0 Å². The van der Waals surface area contributed by atoms with Gasteiger partial charge in [0.05, 0.1) is 5.01 Å². The van der Waals surface area contributed by atoms with Gasteiger partial charge in [0.2, 0.25) is 0 Å². The van der Waals surface area contributed by atoms with E-state index in [4.69, 9.17) is 0 Å². The highest BCUT2D eigenvalue weighted by atomic mass is 32.1. The summed E-state index contributed by atoms with van der Waals surface area (Å²) in [6.07, 6.45) is 5.04. The van der Waals surface area contributed by atoms with Gasteiger partial charge in [-0.1, -0.05) is 0 Å². The highest BCUT2D eigenvalue weighted by molar-refractivity contribution is 7.09. The van der Waals surface area contributed by atoms with Crippen LogP contribution in [-0.2, 0) is 6.42 Å². The minimum Gasteiger partial charge on any atom is -0.296 e. The minimum atomic E-state index is 0.513. The van der Waals surface area contributed by atoms with Gasteiger partial charge in [-0.25, -0.2) is 4.98 Å². The van der Waals surface area contributed by atoms with Crippen molar-refractivity contribution in [3.8, 4) is 0 Å². The van der Waals surface area contributed by atoms with Crippen LogP contribution in [0.1, 0.15) is 21.1 Å². The van der Waals surface area contributed by atoms with Crippen LogP contribution in [0.2, 0.25) is 0 Å². The molecule has 0 aliphatic heterocycles. The molecule has 0 fully saturated rings. The Balaban J connectivity index is 2.15. The van der Waals surface area contributed by atoms with Crippen LogP contribution < -0.4 is 0 Å². The van der Waals surface area contributed by atoms with Crippen LogP contribution in [0, 0.1) is 0 Å². The smallest absolute Gasteiger partial charge is 0.169 e. The van der Waals surface area contributed by atoms with Crippen molar-refractivity contribution in [2.45, 2.75) is 6.42 Å². The van der Waals surface area contributed by atoms with Gasteiger partial charge in [0, 0.05) is 24.2 Å². The molecule has 0 N–H and O–H groups in total. The number of aldehydes is 1. The second-order valence-electron chi connectivity index (χ2n) is 2.82. The van der Waals surface area contributed by atoms with Gasteiger partial charge in [-0.2, -0.15) is 0 Å². The number of nitrogens with zero attached hydrogens (tertiary/aromatic N) is 2. The molecule has 2 aromatic heterocycles. The number of pyridine rings is 1.